The van der Waals surface area contributed by atoms with Gasteiger partial charge in [0, 0.05) is 6.20 Å². The number of nitrogens with zero attached hydrogens (tertiary/aromatic N) is 2. The highest BCUT2D eigenvalue weighted by molar-refractivity contribution is 5.73. The molecule has 0 amide bonds. The molecular weight excluding hydrogens is 182 g/mol. The average molecular weight is 191 g/mol. The number of carbonyl (C=O) groups excluding carboxylic acids is 1. The summed E-state index contributed by atoms with van der Waals surface area (Å²) in [6.45, 7) is 0. The zero-order valence-corrected chi connectivity index (χ0v) is 7.65. The Balaban J connectivity index is 2.98. The normalized spacial score (nSPS) is 9.14. The van der Waals surface area contributed by atoms with Crippen LogP contribution in [0.15, 0.2) is 12.3 Å². The maximum atomic E-state index is 10.9. The number of nitrogens with two attached hydrogens (primary N) is 1. The molecule has 1 aromatic rings. The number of esters is 1. The molecule has 5 nitrogen and oxygen atoms in total. The number of aromatic nitrogens is 1. The van der Waals surface area contributed by atoms with Crippen LogP contribution in [0.2, 0.25) is 0 Å². The van der Waals surface area contributed by atoms with E-state index < -0.39 is 5.97 Å². The van der Waals surface area contributed by atoms with Crippen LogP contribution in [-0.2, 0) is 16.0 Å². The first-order valence-electron chi connectivity index (χ1n) is 3.88. The topological polar surface area (TPSA) is 89.0 Å². The van der Waals surface area contributed by atoms with Crippen LogP contribution in [0.1, 0.15) is 11.1 Å². The van der Waals surface area contributed by atoms with Crippen LogP contribution in [0.5, 0.6) is 0 Å². The van der Waals surface area contributed by atoms with Crippen molar-refractivity contribution in [2.45, 2.75) is 6.42 Å². The van der Waals surface area contributed by atoms with Gasteiger partial charge in [-0.25, -0.2) is 4.98 Å². The molecule has 0 aliphatic carbocycles. The second-order valence-electron chi connectivity index (χ2n) is 2.63. The minimum atomic E-state index is -0.409. The molecule has 72 valence electrons. The van der Waals surface area contributed by atoms with Crippen molar-refractivity contribution >= 4 is 11.8 Å². The standard InChI is InChI=1S/C9H9N3O2/c1-14-9(13)3-7-5-12-8(11)2-6(7)4-10/h2,5H,3H2,1H3,(H2,11,12). The van der Waals surface area contributed by atoms with Crippen LogP contribution in [0.25, 0.3) is 0 Å². The number of carbonyl (C=O) groups is 1. The minimum absolute atomic E-state index is 0.0344. The Morgan fingerprint density at radius 3 is 3.07 bits per heavy atom. The molecule has 0 unspecified atom stereocenters. The monoisotopic (exact) mass is 191 g/mol. The average Bonchev–Trinajstić information content (AvgIpc) is 2.20. The van der Waals surface area contributed by atoms with Gasteiger partial charge in [-0.15, -0.1) is 0 Å². The summed E-state index contributed by atoms with van der Waals surface area (Å²) in [7, 11) is 1.29. The lowest BCUT2D eigenvalue weighted by Crippen LogP contribution is -2.07. The summed E-state index contributed by atoms with van der Waals surface area (Å²) in [6, 6.07) is 3.37. The van der Waals surface area contributed by atoms with Crippen molar-refractivity contribution in [2.75, 3.05) is 12.8 Å². The van der Waals surface area contributed by atoms with E-state index in [4.69, 9.17) is 11.0 Å². The fraction of sp³-hybridized carbons (Fsp3) is 0.222. The summed E-state index contributed by atoms with van der Waals surface area (Å²) in [5, 5.41) is 8.74. The van der Waals surface area contributed by atoms with Crippen LogP contribution in [0, 0.1) is 11.3 Å². The second-order valence-corrected chi connectivity index (χ2v) is 2.63. The molecule has 1 heterocycles. The van der Waals surface area contributed by atoms with Gasteiger partial charge in [0.25, 0.3) is 0 Å². The van der Waals surface area contributed by atoms with Crippen LogP contribution >= 0.6 is 0 Å². The molecule has 1 rings (SSSR count). The van der Waals surface area contributed by atoms with E-state index in [1.807, 2.05) is 6.07 Å². The van der Waals surface area contributed by atoms with Crippen molar-refractivity contribution in [3.8, 4) is 6.07 Å². The van der Waals surface area contributed by atoms with E-state index in [-0.39, 0.29) is 12.2 Å². The lowest BCUT2D eigenvalue weighted by Gasteiger charge is -2.02. The third-order valence-electron chi connectivity index (χ3n) is 1.69. The van der Waals surface area contributed by atoms with E-state index in [1.165, 1.54) is 19.4 Å². The van der Waals surface area contributed by atoms with Gasteiger partial charge in [-0.2, -0.15) is 5.26 Å². The molecule has 14 heavy (non-hydrogen) atoms. The van der Waals surface area contributed by atoms with Crippen molar-refractivity contribution < 1.29 is 9.53 Å². The molecule has 0 spiro atoms. The number of anilines is 1. The molecule has 0 radical (unpaired) electrons. The molecule has 0 aliphatic heterocycles. The van der Waals surface area contributed by atoms with E-state index in [0.29, 0.717) is 11.1 Å². The van der Waals surface area contributed by atoms with Gasteiger partial charge in [0.2, 0.25) is 0 Å². The molecule has 0 aliphatic rings. The molecule has 5 heteroatoms. The Bertz CT molecular complexity index is 396. The Labute approximate surface area is 81.1 Å². The van der Waals surface area contributed by atoms with Gasteiger partial charge < -0.3 is 10.5 Å². The number of hydrogen-bond acceptors (Lipinski definition) is 5. The second kappa shape index (κ2) is 4.23. The summed E-state index contributed by atoms with van der Waals surface area (Å²) in [6.07, 6.45) is 1.44. The van der Waals surface area contributed by atoms with E-state index in [9.17, 15) is 4.79 Å². The molecule has 0 fully saturated rings. The van der Waals surface area contributed by atoms with Crippen molar-refractivity contribution in [1.82, 2.24) is 4.98 Å². The quantitative estimate of drug-likeness (QED) is 0.677. The van der Waals surface area contributed by atoms with Gasteiger partial charge in [0.15, 0.2) is 0 Å². The number of methoxy groups -OCH3 is 1. The van der Waals surface area contributed by atoms with Crippen molar-refractivity contribution in [3.63, 3.8) is 0 Å². The van der Waals surface area contributed by atoms with Crippen LogP contribution in [0.3, 0.4) is 0 Å². The van der Waals surface area contributed by atoms with E-state index in [1.54, 1.807) is 0 Å². The predicted molar refractivity (Wildman–Crippen MR) is 49.1 cm³/mol. The number of nitrogen functional groups attached to an aromatic ring is 1. The third-order valence-corrected chi connectivity index (χ3v) is 1.69. The Hall–Kier alpha value is -2.09. The largest absolute Gasteiger partial charge is 0.469 e. The van der Waals surface area contributed by atoms with Gasteiger partial charge in [0.1, 0.15) is 5.82 Å². The molecule has 0 bridgehead atoms. The number of hydrogen-bond donors (Lipinski definition) is 1. The Kier molecular flexibility index (Phi) is 3.02. The lowest BCUT2D eigenvalue weighted by atomic mass is 10.1. The smallest absolute Gasteiger partial charge is 0.310 e. The summed E-state index contributed by atoms with van der Waals surface area (Å²) in [5.74, 6) is -0.150. The molecule has 0 aromatic carbocycles. The maximum absolute atomic E-state index is 10.9. The Morgan fingerprint density at radius 2 is 2.50 bits per heavy atom. The zero-order chi connectivity index (χ0) is 10.6. The molecule has 1 aromatic heterocycles. The molecule has 0 saturated heterocycles. The van der Waals surface area contributed by atoms with Gasteiger partial charge in [-0.05, 0) is 11.6 Å². The SMILES string of the molecule is COC(=O)Cc1cnc(N)cc1C#N. The molecule has 2 N–H and O–H groups in total. The Morgan fingerprint density at radius 1 is 1.79 bits per heavy atom. The molecule has 0 atom stereocenters. The van der Waals surface area contributed by atoms with Crippen molar-refractivity contribution in [1.29, 1.82) is 5.26 Å². The van der Waals surface area contributed by atoms with E-state index >= 15 is 0 Å². The first-order valence-corrected chi connectivity index (χ1v) is 3.88. The highest BCUT2D eigenvalue weighted by Crippen LogP contribution is 2.10. The third kappa shape index (κ3) is 2.20. The van der Waals surface area contributed by atoms with Gasteiger partial charge >= 0.3 is 5.97 Å². The maximum Gasteiger partial charge on any atom is 0.310 e. The van der Waals surface area contributed by atoms with Gasteiger partial charge in [-0.3, -0.25) is 4.79 Å². The minimum Gasteiger partial charge on any atom is -0.469 e. The molecular formula is C9H9N3O2. The first kappa shape index (κ1) is 9.99. The van der Waals surface area contributed by atoms with E-state index in [2.05, 4.69) is 9.72 Å². The number of nitriles is 1. The van der Waals surface area contributed by atoms with Crippen LogP contribution in [-0.4, -0.2) is 18.1 Å². The number of rotatable bonds is 2. The molecule has 0 saturated carbocycles. The highest BCUT2D eigenvalue weighted by Gasteiger charge is 2.08. The van der Waals surface area contributed by atoms with Crippen LogP contribution < -0.4 is 5.73 Å². The van der Waals surface area contributed by atoms with E-state index in [0.717, 1.165) is 0 Å². The number of ether oxygens (including phenoxy) is 1. The summed E-state index contributed by atoms with van der Waals surface area (Å²) in [4.78, 5) is 14.7. The first-order chi connectivity index (χ1) is 6.67. The predicted octanol–water partition coefficient (Wildman–Crippen LogP) is 0.251. The summed E-state index contributed by atoms with van der Waals surface area (Å²) < 4.78 is 4.48. The summed E-state index contributed by atoms with van der Waals surface area (Å²) >= 11 is 0. The zero-order valence-electron chi connectivity index (χ0n) is 7.65. The van der Waals surface area contributed by atoms with Crippen LogP contribution in [0.4, 0.5) is 5.82 Å². The summed E-state index contributed by atoms with van der Waals surface area (Å²) in [5.41, 5.74) is 6.26. The van der Waals surface area contributed by atoms with Crippen molar-refractivity contribution in [2.24, 2.45) is 0 Å². The lowest BCUT2D eigenvalue weighted by molar-refractivity contribution is -0.139. The highest BCUT2D eigenvalue weighted by atomic mass is 16.5. The number of pyridine rings is 1. The van der Waals surface area contributed by atoms with Crippen molar-refractivity contribution in [3.05, 3.63) is 23.4 Å². The fourth-order valence-electron chi connectivity index (χ4n) is 0.972. The van der Waals surface area contributed by atoms with Gasteiger partial charge in [-0.1, -0.05) is 0 Å². The fourth-order valence-corrected chi connectivity index (χ4v) is 0.972. The van der Waals surface area contributed by atoms with Gasteiger partial charge in [0.05, 0.1) is 25.2 Å².